The van der Waals surface area contributed by atoms with Crippen LogP contribution in [0.1, 0.15) is 41.4 Å². The number of aryl methyl sites for hydroxylation is 2. The third kappa shape index (κ3) is 3.72. The van der Waals surface area contributed by atoms with Gasteiger partial charge in [0.15, 0.2) is 11.6 Å². The van der Waals surface area contributed by atoms with Crippen molar-refractivity contribution in [3.8, 4) is 5.75 Å². The van der Waals surface area contributed by atoms with Gasteiger partial charge in [0.05, 0.1) is 31.4 Å². The van der Waals surface area contributed by atoms with Crippen molar-refractivity contribution in [2.45, 2.75) is 45.3 Å². The van der Waals surface area contributed by atoms with Crippen molar-refractivity contribution in [2.75, 3.05) is 7.11 Å². The Morgan fingerprint density at radius 2 is 2.19 bits per heavy atom. The van der Waals surface area contributed by atoms with Crippen LogP contribution >= 0.6 is 0 Å². The second-order valence-corrected chi connectivity index (χ2v) is 6.91. The van der Waals surface area contributed by atoms with E-state index in [0.717, 1.165) is 17.0 Å². The minimum absolute atomic E-state index is 0.0771. The van der Waals surface area contributed by atoms with Crippen molar-refractivity contribution in [1.82, 2.24) is 15.5 Å². The number of methoxy groups -OCH3 is 1. The molecule has 6 nitrogen and oxygen atoms in total. The number of aromatic nitrogens is 2. The van der Waals surface area contributed by atoms with Crippen LogP contribution in [0, 0.1) is 25.6 Å². The van der Waals surface area contributed by atoms with Crippen molar-refractivity contribution >= 4 is 5.91 Å². The first kappa shape index (κ1) is 18.4. The van der Waals surface area contributed by atoms with Crippen LogP contribution in [0.4, 0.5) is 4.39 Å². The quantitative estimate of drug-likeness (QED) is 0.737. The summed E-state index contributed by atoms with van der Waals surface area (Å²) in [6.07, 6.45) is 1.02. The maximum atomic E-state index is 14.1. The lowest BCUT2D eigenvalue weighted by atomic mass is 9.75. The molecule has 1 fully saturated rings. The third-order valence-electron chi connectivity index (χ3n) is 5.09. The summed E-state index contributed by atoms with van der Waals surface area (Å²) in [5, 5.41) is 19.6. The largest absolute Gasteiger partial charge is 0.494 e. The lowest BCUT2D eigenvalue weighted by molar-refractivity contribution is -0.122. The lowest BCUT2D eigenvalue weighted by Gasteiger charge is -2.38. The van der Waals surface area contributed by atoms with Crippen molar-refractivity contribution in [2.24, 2.45) is 5.92 Å². The number of aliphatic hydroxyl groups excluding tert-OH is 1. The number of aliphatic hydroxyl groups is 1. The number of hydrogen-bond donors (Lipinski definition) is 3. The Hall–Kier alpha value is -2.41. The number of carbonyl (C=O) groups excluding carboxylic acids is 1. The van der Waals surface area contributed by atoms with Gasteiger partial charge in [0.1, 0.15) is 0 Å². The Morgan fingerprint density at radius 3 is 2.73 bits per heavy atom. The van der Waals surface area contributed by atoms with E-state index >= 15 is 0 Å². The summed E-state index contributed by atoms with van der Waals surface area (Å²) < 4.78 is 19.1. The average molecular weight is 361 g/mol. The Morgan fingerprint density at radius 1 is 1.46 bits per heavy atom. The Balaban J connectivity index is 1.78. The topological polar surface area (TPSA) is 87.2 Å². The highest BCUT2D eigenvalue weighted by Gasteiger charge is 2.36. The van der Waals surface area contributed by atoms with E-state index in [1.54, 1.807) is 12.1 Å². The van der Waals surface area contributed by atoms with Crippen LogP contribution in [0.15, 0.2) is 18.2 Å². The van der Waals surface area contributed by atoms with Gasteiger partial charge in [-0.2, -0.15) is 5.10 Å². The van der Waals surface area contributed by atoms with Gasteiger partial charge in [-0.1, -0.05) is 6.07 Å². The van der Waals surface area contributed by atoms with Gasteiger partial charge in [-0.15, -0.1) is 0 Å². The van der Waals surface area contributed by atoms with Gasteiger partial charge in [0.2, 0.25) is 5.91 Å². The predicted molar refractivity (Wildman–Crippen MR) is 94.3 cm³/mol. The van der Waals surface area contributed by atoms with E-state index in [2.05, 4.69) is 15.5 Å². The van der Waals surface area contributed by atoms with Gasteiger partial charge in [-0.3, -0.25) is 9.89 Å². The van der Waals surface area contributed by atoms with E-state index < -0.39 is 5.82 Å². The predicted octanol–water partition coefficient (Wildman–Crippen LogP) is 2.35. The number of benzene rings is 1. The molecule has 1 aliphatic rings. The minimum Gasteiger partial charge on any atom is -0.494 e. The zero-order chi connectivity index (χ0) is 18.8. The second-order valence-electron chi connectivity index (χ2n) is 6.91. The molecule has 1 amide bonds. The first-order valence-electron chi connectivity index (χ1n) is 8.70. The summed E-state index contributed by atoms with van der Waals surface area (Å²) in [6.45, 7) is 3.73. The molecule has 7 heteroatoms. The molecule has 1 saturated carbocycles. The van der Waals surface area contributed by atoms with E-state index in [1.165, 1.54) is 13.2 Å². The smallest absolute Gasteiger partial charge is 0.225 e. The van der Waals surface area contributed by atoms with Gasteiger partial charge in [-0.25, -0.2) is 4.39 Å². The number of aromatic amines is 1. The van der Waals surface area contributed by atoms with Gasteiger partial charge >= 0.3 is 0 Å². The molecule has 1 aromatic carbocycles. The number of nitrogens with zero attached hydrogens (tertiary/aromatic N) is 1. The maximum Gasteiger partial charge on any atom is 0.225 e. The van der Waals surface area contributed by atoms with E-state index in [9.17, 15) is 14.3 Å². The van der Waals surface area contributed by atoms with Crippen molar-refractivity contribution < 1.29 is 19.0 Å². The normalized spacial score (nSPS) is 20.3. The van der Waals surface area contributed by atoms with Crippen LogP contribution < -0.4 is 10.1 Å². The number of hydrogen-bond acceptors (Lipinski definition) is 4. The second kappa shape index (κ2) is 7.45. The number of halogens is 1. The summed E-state index contributed by atoms with van der Waals surface area (Å²) in [5.41, 5.74) is 3.21. The maximum absolute atomic E-state index is 14.1. The van der Waals surface area contributed by atoms with E-state index in [1.807, 2.05) is 13.8 Å². The van der Waals surface area contributed by atoms with Crippen molar-refractivity contribution in [3.63, 3.8) is 0 Å². The number of nitrogens with one attached hydrogen (secondary N) is 2. The van der Waals surface area contributed by atoms with Crippen LogP contribution in [-0.2, 0) is 11.2 Å². The molecule has 0 radical (unpaired) electrons. The molecule has 3 N–H and O–H groups in total. The summed E-state index contributed by atoms with van der Waals surface area (Å²) in [4.78, 5) is 12.6. The fourth-order valence-corrected chi connectivity index (χ4v) is 3.47. The van der Waals surface area contributed by atoms with Crippen molar-refractivity contribution in [3.05, 3.63) is 46.5 Å². The number of carbonyl (C=O) groups is 1. The average Bonchev–Trinajstić information content (AvgIpc) is 2.89. The molecule has 1 aromatic heterocycles. The lowest BCUT2D eigenvalue weighted by Crippen LogP contribution is -2.42. The Labute approximate surface area is 151 Å². The van der Waals surface area contributed by atoms with E-state index in [4.69, 9.17) is 4.74 Å². The highest BCUT2D eigenvalue weighted by Crippen LogP contribution is 2.39. The van der Waals surface area contributed by atoms with Gasteiger partial charge in [-0.05, 0) is 50.3 Å². The van der Waals surface area contributed by atoms with E-state index in [-0.39, 0.29) is 36.1 Å². The van der Waals surface area contributed by atoms with Crippen LogP contribution in [0.3, 0.4) is 0 Å². The molecule has 26 heavy (non-hydrogen) atoms. The minimum atomic E-state index is -0.467. The van der Waals surface area contributed by atoms with Gasteiger partial charge in [0, 0.05) is 11.3 Å². The molecule has 3 rings (SSSR count). The third-order valence-corrected chi connectivity index (χ3v) is 5.09. The van der Waals surface area contributed by atoms with Gasteiger partial charge in [0.25, 0.3) is 0 Å². The molecular formula is C19H24FN3O3. The summed E-state index contributed by atoms with van der Waals surface area (Å²) in [7, 11) is 1.41. The molecule has 0 bridgehead atoms. The number of amides is 1. The van der Waals surface area contributed by atoms with Crippen LogP contribution in [0.25, 0.3) is 0 Å². The highest BCUT2D eigenvalue weighted by atomic mass is 19.1. The zero-order valence-electron chi connectivity index (χ0n) is 15.2. The number of H-pyrrole nitrogens is 1. The first-order valence-corrected chi connectivity index (χ1v) is 8.70. The zero-order valence-corrected chi connectivity index (χ0v) is 15.2. The van der Waals surface area contributed by atoms with Crippen LogP contribution in [0.2, 0.25) is 0 Å². The Kier molecular flexibility index (Phi) is 5.27. The molecule has 1 heterocycles. The summed E-state index contributed by atoms with van der Waals surface area (Å²) in [5.74, 6) is -0.378. The first-order chi connectivity index (χ1) is 12.4. The summed E-state index contributed by atoms with van der Waals surface area (Å²) >= 11 is 0. The standard InChI is InChI=1S/C19H24FN3O3/c1-10-15(11(2)23-22-10)9-18(25)21-19(13-6-14(24)7-13)12-4-5-17(26-3)16(20)8-12/h4-5,8,13-14,19,24H,6-7,9H2,1-3H3,(H,21,25)(H,22,23). The SMILES string of the molecule is COc1ccc(C(NC(=O)Cc2c(C)n[nH]c2C)C2CC(O)C2)cc1F. The van der Waals surface area contributed by atoms with Gasteiger partial charge < -0.3 is 15.2 Å². The van der Waals surface area contributed by atoms with Crippen molar-refractivity contribution in [1.29, 1.82) is 0 Å². The van der Waals surface area contributed by atoms with Crippen LogP contribution in [-0.4, -0.2) is 34.4 Å². The Bertz CT molecular complexity index is 780. The fraction of sp³-hybridized carbons (Fsp3) is 0.474. The van der Waals surface area contributed by atoms with Crippen LogP contribution in [0.5, 0.6) is 5.75 Å². The fourth-order valence-electron chi connectivity index (χ4n) is 3.47. The molecule has 2 aromatic rings. The summed E-state index contributed by atoms with van der Waals surface area (Å²) in [6, 6.07) is 4.36. The molecule has 0 saturated heterocycles. The molecule has 140 valence electrons. The number of rotatable bonds is 6. The molecule has 1 aliphatic carbocycles. The molecule has 1 atom stereocenters. The molecular weight excluding hydrogens is 337 g/mol. The molecule has 0 aliphatic heterocycles. The highest BCUT2D eigenvalue weighted by molar-refractivity contribution is 5.79. The number of ether oxygens (including phenoxy) is 1. The molecule has 0 spiro atoms. The molecule has 1 unspecified atom stereocenters. The monoisotopic (exact) mass is 361 g/mol. The van der Waals surface area contributed by atoms with E-state index in [0.29, 0.717) is 18.4 Å².